The van der Waals surface area contributed by atoms with Crippen molar-refractivity contribution in [3.63, 3.8) is 0 Å². The molecule has 0 bridgehead atoms. The highest BCUT2D eigenvalue weighted by molar-refractivity contribution is 6.42. The number of amides is 4. The Balaban J connectivity index is 1.57. The molecule has 33 heavy (non-hydrogen) atoms. The summed E-state index contributed by atoms with van der Waals surface area (Å²) in [4.78, 5) is 38.5. The topological polar surface area (TPSA) is 75.7 Å². The van der Waals surface area contributed by atoms with E-state index in [9.17, 15) is 14.4 Å². The fourth-order valence-electron chi connectivity index (χ4n) is 3.25. The number of imide groups is 2. The molecule has 4 rings (SSSR count). The first-order chi connectivity index (χ1) is 15.8. The zero-order chi connectivity index (χ0) is 23.5. The molecule has 8 heteroatoms. The Hall–Kier alpha value is -3.61. The zero-order valence-corrected chi connectivity index (χ0v) is 19.0. The Bertz CT molecular complexity index is 1290. The molecule has 166 valence electrons. The molecule has 0 unspecified atom stereocenters. The molecule has 3 aromatic rings. The van der Waals surface area contributed by atoms with Gasteiger partial charge in [-0.05, 0) is 48.4 Å². The van der Waals surface area contributed by atoms with Crippen molar-refractivity contribution in [2.45, 2.75) is 13.5 Å². The molecule has 0 spiro atoms. The van der Waals surface area contributed by atoms with Crippen molar-refractivity contribution >= 4 is 52.8 Å². The number of ether oxygens (including phenoxy) is 1. The first kappa shape index (κ1) is 22.6. The summed E-state index contributed by atoms with van der Waals surface area (Å²) in [7, 11) is 0. The number of rotatable bonds is 5. The third-order valence-corrected chi connectivity index (χ3v) is 5.59. The molecule has 0 radical (unpaired) electrons. The van der Waals surface area contributed by atoms with Gasteiger partial charge in [-0.25, -0.2) is 9.69 Å². The molecular formula is C25H18Cl2N2O4. The number of barbiturate groups is 1. The van der Waals surface area contributed by atoms with E-state index in [4.69, 9.17) is 27.9 Å². The van der Waals surface area contributed by atoms with Gasteiger partial charge in [-0.3, -0.25) is 14.9 Å². The third kappa shape index (κ3) is 4.92. The lowest BCUT2D eigenvalue weighted by Gasteiger charge is -2.27. The highest BCUT2D eigenvalue weighted by Gasteiger charge is 2.37. The van der Waals surface area contributed by atoms with E-state index in [1.807, 2.05) is 31.2 Å². The second-order valence-corrected chi connectivity index (χ2v) is 8.19. The van der Waals surface area contributed by atoms with Gasteiger partial charge in [0.2, 0.25) is 0 Å². The summed E-state index contributed by atoms with van der Waals surface area (Å²) >= 11 is 12.5. The molecular weight excluding hydrogens is 463 g/mol. The van der Waals surface area contributed by atoms with Gasteiger partial charge in [0.15, 0.2) is 0 Å². The van der Waals surface area contributed by atoms with E-state index in [1.165, 1.54) is 12.1 Å². The summed E-state index contributed by atoms with van der Waals surface area (Å²) in [6.07, 6.45) is 1.36. The standard InChI is InChI=1S/C25H18Cl2N2O4/c1-15-6-8-16(9-7-15)14-33-22-11-10-17(13-20(22)27)12-18-23(30)28-25(32)29(24(18)31)21-5-3-2-4-19(21)26/h2-13H,14H2,1H3,(H,28,30,32)/b18-12+. The summed E-state index contributed by atoms with van der Waals surface area (Å²) in [5.74, 6) is -1.12. The van der Waals surface area contributed by atoms with E-state index >= 15 is 0 Å². The summed E-state index contributed by atoms with van der Waals surface area (Å²) in [6.45, 7) is 2.35. The largest absolute Gasteiger partial charge is 0.487 e. The molecule has 3 aromatic carbocycles. The third-order valence-electron chi connectivity index (χ3n) is 4.98. The van der Waals surface area contributed by atoms with Crippen molar-refractivity contribution in [2.24, 2.45) is 0 Å². The summed E-state index contributed by atoms with van der Waals surface area (Å²) < 4.78 is 5.79. The number of carbonyl (C=O) groups excluding carboxylic acids is 3. The Morgan fingerprint density at radius 3 is 2.36 bits per heavy atom. The number of anilines is 1. The maximum atomic E-state index is 13.0. The highest BCUT2D eigenvalue weighted by Crippen LogP contribution is 2.30. The monoisotopic (exact) mass is 480 g/mol. The van der Waals surface area contributed by atoms with Crippen LogP contribution in [0.4, 0.5) is 10.5 Å². The number of hydrogen-bond donors (Lipinski definition) is 1. The van der Waals surface area contributed by atoms with E-state index in [1.54, 1.807) is 36.4 Å². The predicted octanol–water partition coefficient (Wildman–Crippen LogP) is 5.55. The molecule has 0 saturated carbocycles. The number of aryl methyl sites for hydroxylation is 1. The van der Waals surface area contributed by atoms with Crippen LogP contribution >= 0.6 is 23.2 Å². The minimum Gasteiger partial charge on any atom is -0.487 e. The quantitative estimate of drug-likeness (QED) is 0.383. The fourth-order valence-corrected chi connectivity index (χ4v) is 3.71. The minimum atomic E-state index is -0.867. The van der Waals surface area contributed by atoms with E-state index in [0.29, 0.717) is 22.9 Å². The van der Waals surface area contributed by atoms with Gasteiger partial charge < -0.3 is 4.74 Å². The highest BCUT2D eigenvalue weighted by atomic mass is 35.5. The van der Waals surface area contributed by atoms with Crippen LogP contribution in [0.3, 0.4) is 0 Å². The number of carbonyl (C=O) groups is 3. The first-order valence-corrected chi connectivity index (χ1v) is 10.7. The van der Waals surface area contributed by atoms with E-state index in [0.717, 1.165) is 16.0 Å². The Kier molecular flexibility index (Phi) is 6.49. The molecule has 0 atom stereocenters. The van der Waals surface area contributed by atoms with Crippen molar-refractivity contribution < 1.29 is 19.1 Å². The molecule has 6 nitrogen and oxygen atoms in total. The molecule has 0 aliphatic carbocycles. The maximum absolute atomic E-state index is 13.0. The lowest BCUT2D eigenvalue weighted by Crippen LogP contribution is -2.54. The van der Waals surface area contributed by atoms with E-state index in [2.05, 4.69) is 5.32 Å². The van der Waals surface area contributed by atoms with Crippen LogP contribution in [0.5, 0.6) is 5.75 Å². The van der Waals surface area contributed by atoms with Crippen LogP contribution < -0.4 is 15.0 Å². The van der Waals surface area contributed by atoms with Crippen LogP contribution in [-0.2, 0) is 16.2 Å². The van der Waals surface area contributed by atoms with Crippen LogP contribution in [0, 0.1) is 6.92 Å². The molecule has 1 heterocycles. The summed E-state index contributed by atoms with van der Waals surface area (Å²) in [6, 6.07) is 18.4. The number of hydrogen-bond acceptors (Lipinski definition) is 4. The van der Waals surface area contributed by atoms with Crippen LogP contribution in [-0.4, -0.2) is 17.8 Å². The van der Waals surface area contributed by atoms with Gasteiger partial charge in [0.05, 0.1) is 15.7 Å². The van der Waals surface area contributed by atoms with Crippen molar-refractivity contribution in [2.75, 3.05) is 4.90 Å². The Morgan fingerprint density at radius 2 is 1.67 bits per heavy atom. The Labute approximate surface area is 200 Å². The average Bonchev–Trinajstić information content (AvgIpc) is 2.78. The van der Waals surface area contributed by atoms with Gasteiger partial charge >= 0.3 is 6.03 Å². The second-order valence-electron chi connectivity index (χ2n) is 7.37. The van der Waals surface area contributed by atoms with Crippen molar-refractivity contribution in [1.82, 2.24) is 5.32 Å². The smallest absolute Gasteiger partial charge is 0.335 e. The van der Waals surface area contributed by atoms with Gasteiger partial charge in [-0.1, -0.05) is 71.2 Å². The van der Waals surface area contributed by atoms with Gasteiger partial charge in [0, 0.05) is 0 Å². The number of urea groups is 1. The number of halogens is 2. The first-order valence-electron chi connectivity index (χ1n) is 9.97. The normalized spacial score (nSPS) is 15.1. The lowest BCUT2D eigenvalue weighted by atomic mass is 10.1. The van der Waals surface area contributed by atoms with Gasteiger partial charge in [0.25, 0.3) is 11.8 Å². The molecule has 1 aliphatic heterocycles. The van der Waals surface area contributed by atoms with Crippen LogP contribution in [0.15, 0.2) is 72.3 Å². The predicted molar refractivity (Wildman–Crippen MR) is 127 cm³/mol. The maximum Gasteiger partial charge on any atom is 0.335 e. The summed E-state index contributed by atoms with van der Waals surface area (Å²) in [5.41, 5.74) is 2.61. The number of benzene rings is 3. The van der Waals surface area contributed by atoms with Gasteiger partial charge in [-0.15, -0.1) is 0 Å². The zero-order valence-electron chi connectivity index (χ0n) is 17.5. The Morgan fingerprint density at radius 1 is 0.939 bits per heavy atom. The van der Waals surface area contributed by atoms with E-state index in [-0.39, 0.29) is 16.3 Å². The van der Waals surface area contributed by atoms with Crippen molar-refractivity contribution in [3.8, 4) is 5.75 Å². The molecule has 0 aromatic heterocycles. The second kappa shape index (κ2) is 9.48. The van der Waals surface area contributed by atoms with Crippen LogP contribution in [0.1, 0.15) is 16.7 Å². The average molecular weight is 481 g/mol. The van der Waals surface area contributed by atoms with Crippen molar-refractivity contribution in [1.29, 1.82) is 0 Å². The molecule has 1 aliphatic rings. The number of nitrogens with one attached hydrogen (secondary N) is 1. The number of nitrogens with zero attached hydrogens (tertiary/aromatic N) is 1. The molecule has 1 N–H and O–H groups in total. The lowest BCUT2D eigenvalue weighted by molar-refractivity contribution is -0.122. The molecule has 1 saturated heterocycles. The van der Waals surface area contributed by atoms with E-state index < -0.39 is 17.8 Å². The molecule has 4 amide bonds. The fraction of sp³-hybridized carbons (Fsp3) is 0.0800. The van der Waals surface area contributed by atoms with Gasteiger partial charge in [-0.2, -0.15) is 0 Å². The van der Waals surface area contributed by atoms with Crippen molar-refractivity contribution in [3.05, 3.63) is 99.0 Å². The van der Waals surface area contributed by atoms with Crippen LogP contribution in [0.25, 0.3) is 6.08 Å². The van der Waals surface area contributed by atoms with Gasteiger partial charge in [0.1, 0.15) is 17.9 Å². The number of para-hydroxylation sites is 1. The summed E-state index contributed by atoms with van der Waals surface area (Å²) in [5, 5.41) is 2.69. The SMILES string of the molecule is Cc1ccc(COc2ccc(/C=C3\C(=O)NC(=O)N(c4ccccc4Cl)C3=O)cc2Cl)cc1. The minimum absolute atomic E-state index is 0.179. The molecule has 1 fully saturated rings. The van der Waals surface area contributed by atoms with Crippen LogP contribution in [0.2, 0.25) is 10.0 Å².